The van der Waals surface area contributed by atoms with Crippen molar-refractivity contribution in [3.63, 3.8) is 0 Å². The van der Waals surface area contributed by atoms with Gasteiger partial charge >= 0.3 is 0 Å². The van der Waals surface area contributed by atoms with Crippen molar-refractivity contribution in [3.05, 3.63) is 68.9 Å². The summed E-state index contributed by atoms with van der Waals surface area (Å²) in [6.45, 7) is 5.26. The van der Waals surface area contributed by atoms with Gasteiger partial charge in [0, 0.05) is 10.4 Å². The molecule has 0 saturated carbocycles. The Morgan fingerprint density at radius 1 is 1.10 bits per heavy atom. The van der Waals surface area contributed by atoms with E-state index in [1.54, 1.807) is 56.8 Å². The predicted octanol–water partition coefficient (Wildman–Crippen LogP) is 4.57. The number of methoxy groups -OCH3 is 1. The largest absolute Gasteiger partial charge is 0.497 e. The van der Waals surface area contributed by atoms with Crippen LogP contribution in [0.4, 0.5) is 5.82 Å². The maximum absolute atomic E-state index is 13.1. The Bertz CT molecular complexity index is 1090. The highest BCUT2D eigenvalue weighted by atomic mass is 79.9. The first-order valence-corrected chi connectivity index (χ1v) is 9.96. The van der Waals surface area contributed by atoms with Gasteiger partial charge in [0.15, 0.2) is 0 Å². The van der Waals surface area contributed by atoms with Crippen LogP contribution < -0.4 is 15.5 Å². The van der Waals surface area contributed by atoms with E-state index in [0.29, 0.717) is 28.4 Å². The summed E-state index contributed by atoms with van der Waals surface area (Å²) >= 11 is 3.43. The van der Waals surface area contributed by atoms with Crippen molar-refractivity contribution >= 4 is 27.7 Å². The van der Waals surface area contributed by atoms with E-state index in [4.69, 9.17) is 4.74 Å². The first-order valence-electron chi connectivity index (χ1n) is 9.17. The van der Waals surface area contributed by atoms with E-state index in [2.05, 4.69) is 26.3 Å². The van der Waals surface area contributed by atoms with Crippen LogP contribution in [0.3, 0.4) is 0 Å². The lowest BCUT2D eigenvalue weighted by molar-refractivity contribution is -0.118. The van der Waals surface area contributed by atoms with Gasteiger partial charge in [0.1, 0.15) is 17.3 Å². The van der Waals surface area contributed by atoms with E-state index >= 15 is 0 Å². The van der Waals surface area contributed by atoms with Crippen LogP contribution in [0, 0.1) is 12.8 Å². The molecule has 2 aromatic carbocycles. The third-order valence-corrected chi connectivity index (χ3v) is 5.00. The minimum absolute atomic E-state index is 0.198. The van der Waals surface area contributed by atoms with Gasteiger partial charge in [-0.2, -0.15) is 5.10 Å². The molecule has 150 valence electrons. The number of rotatable bonds is 5. The third kappa shape index (κ3) is 4.40. The Balaban J connectivity index is 2.30. The fraction of sp³-hybridized carbons (Fsp3) is 0.227. The third-order valence-electron chi connectivity index (χ3n) is 4.47. The molecule has 29 heavy (non-hydrogen) atoms. The number of ether oxygens (including phenoxy) is 1. The predicted molar refractivity (Wildman–Crippen MR) is 118 cm³/mol. The molecule has 0 aliphatic rings. The summed E-state index contributed by atoms with van der Waals surface area (Å²) in [6.07, 6.45) is 0. The zero-order chi connectivity index (χ0) is 21.1. The molecule has 6 nitrogen and oxygen atoms in total. The first-order chi connectivity index (χ1) is 13.8. The molecule has 7 heteroatoms. The number of amides is 1. The number of aryl methyl sites for hydroxylation is 1. The lowest BCUT2D eigenvalue weighted by Crippen LogP contribution is -2.26. The van der Waals surface area contributed by atoms with E-state index in [1.165, 1.54) is 0 Å². The van der Waals surface area contributed by atoms with E-state index < -0.39 is 0 Å². The quantitative estimate of drug-likeness (QED) is 0.611. The summed E-state index contributed by atoms with van der Waals surface area (Å²) in [5.74, 6) is 0.566. The molecule has 1 heterocycles. The zero-order valence-corrected chi connectivity index (χ0v) is 18.3. The fourth-order valence-corrected chi connectivity index (χ4v) is 3.08. The number of hydrogen-bond donors (Lipinski definition) is 1. The summed E-state index contributed by atoms with van der Waals surface area (Å²) in [5, 5.41) is 7.36. The molecular formula is C22H22BrN3O3. The number of nitrogens with one attached hydrogen (secondary N) is 1. The summed E-state index contributed by atoms with van der Waals surface area (Å²) < 4.78 is 7.74. The van der Waals surface area contributed by atoms with Gasteiger partial charge in [0.2, 0.25) is 11.3 Å². The molecule has 0 aliphatic carbocycles. The second-order valence-electron chi connectivity index (χ2n) is 6.90. The summed E-state index contributed by atoms with van der Waals surface area (Å²) in [5.41, 5.74) is 1.89. The Morgan fingerprint density at radius 2 is 1.72 bits per heavy atom. The van der Waals surface area contributed by atoms with Crippen molar-refractivity contribution in [1.29, 1.82) is 0 Å². The number of carbonyl (C=O) groups is 1. The van der Waals surface area contributed by atoms with Gasteiger partial charge in [0.25, 0.3) is 0 Å². The van der Waals surface area contributed by atoms with Crippen LogP contribution in [0.15, 0.2) is 57.8 Å². The number of halogens is 1. The lowest BCUT2D eigenvalue weighted by atomic mass is 10.0. The number of benzene rings is 2. The molecule has 1 amide bonds. The van der Waals surface area contributed by atoms with E-state index in [9.17, 15) is 9.59 Å². The SMILES string of the molecule is COc1ccc(-c2c(NC(=O)C(C)C)n(-c3ccc(Br)cc3)nc(C)c2=O)cc1. The standard InChI is InChI=1S/C22H22BrN3O3/c1-13(2)22(28)24-21-19(15-5-11-18(29-4)12-6-15)20(27)14(3)25-26(21)17-9-7-16(23)8-10-17/h5-13H,1-4H3,(H,24,28). The van der Waals surface area contributed by atoms with Crippen LogP contribution in [0.5, 0.6) is 5.75 Å². The second-order valence-corrected chi connectivity index (χ2v) is 7.81. The molecular weight excluding hydrogens is 434 g/mol. The highest BCUT2D eigenvalue weighted by Gasteiger charge is 2.21. The first kappa shape index (κ1) is 20.8. The van der Waals surface area contributed by atoms with E-state index in [1.807, 2.05) is 24.3 Å². The Kier molecular flexibility index (Phi) is 6.17. The van der Waals surface area contributed by atoms with Crippen LogP contribution in [0.2, 0.25) is 0 Å². The van der Waals surface area contributed by atoms with Crippen LogP contribution in [-0.4, -0.2) is 22.8 Å². The Morgan fingerprint density at radius 3 is 2.28 bits per heavy atom. The molecule has 1 aromatic heterocycles. The highest BCUT2D eigenvalue weighted by molar-refractivity contribution is 9.10. The normalized spacial score (nSPS) is 10.8. The molecule has 3 rings (SSSR count). The van der Waals surface area contributed by atoms with E-state index in [-0.39, 0.29) is 17.3 Å². The maximum Gasteiger partial charge on any atom is 0.228 e. The Labute approximate surface area is 177 Å². The van der Waals surface area contributed by atoms with Gasteiger partial charge in [-0.05, 0) is 48.9 Å². The lowest BCUT2D eigenvalue weighted by Gasteiger charge is -2.19. The summed E-state index contributed by atoms with van der Waals surface area (Å²) in [7, 11) is 1.58. The Hall–Kier alpha value is -2.93. The molecule has 1 N–H and O–H groups in total. The average Bonchev–Trinajstić information content (AvgIpc) is 2.71. The number of carbonyl (C=O) groups excluding carboxylic acids is 1. The minimum atomic E-state index is -0.256. The van der Waals surface area contributed by atoms with Gasteiger partial charge in [-0.25, -0.2) is 4.68 Å². The molecule has 0 fully saturated rings. The van der Waals surface area contributed by atoms with Crippen LogP contribution in [0.1, 0.15) is 19.5 Å². The molecule has 0 radical (unpaired) electrons. The van der Waals surface area contributed by atoms with Gasteiger partial charge in [-0.3, -0.25) is 9.59 Å². The van der Waals surface area contributed by atoms with Gasteiger partial charge < -0.3 is 10.1 Å². The zero-order valence-electron chi connectivity index (χ0n) is 16.7. The number of aromatic nitrogens is 2. The van der Waals surface area contributed by atoms with Gasteiger partial charge in [0.05, 0.1) is 18.4 Å². The van der Waals surface area contributed by atoms with E-state index in [0.717, 1.165) is 10.2 Å². The molecule has 3 aromatic rings. The topological polar surface area (TPSA) is 73.2 Å². The number of anilines is 1. The van der Waals surface area contributed by atoms with Crippen LogP contribution in [-0.2, 0) is 4.79 Å². The van der Waals surface area contributed by atoms with Gasteiger partial charge in [-0.15, -0.1) is 0 Å². The van der Waals surface area contributed by atoms with Crippen molar-refractivity contribution < 1.29 is 9.53 Å². The van der Waals surface area contributed by atoms with Crippen molar-refractivity contribution in [3.8, 4) is 22.6 Å². The molecule has 0 atom stereocenters. The van der Waals surface area contributed by atoms with Crippen LogP contribution in [0.25, 0.3) is 16.8 Å². The molecule has 0 bridgehead atoms. The second kappa shape index (κ2) is 8.61. The number of nitrogens with zero attached hydrogens (tertiary/aromatic N) is 2. The summed E-state index contributed by atoms with van der Waals surface area (Å²) in [4.78, 5) is 25.6. The van der Waals surface area contributed by atoms with Crippen molar-refractivity contribution in [2.75, 3.05) is 12.4 Å². The van der Waals surface area contributed by atoms with Gasteiger partial charge in [-0.1, -0.05) is 41.9 Å². The molecule has 0 aliphatic heterocycles. The summed E-state index contributed by atoms with van der Waals surface area (Å²) in [6, 6.07) is 14.6. The highest BCUT2D eigenvalue weighted by Crippen LogP contribution is 2.29. The molecule has 0 spiro atoms. The minimum Gasteiger partial charge on any atom is -0.497 e. The smallest absolute Gasteiger partial charge is 0.228 e. The molecule has 0 unspecified atom stereocenters. The fourth-order valence-electron chi connectivity index (χ4n) is 2.81. The monoisotopic (exact) mass is 455 g/mol. The maximum atomic E-state index is 13.1. The average molecular weight is 456 g/mol. The van der Waals surface area contributed by atoms with Crippen molar-refractivity contribution in [2.45, 2.75) is 20.8 Å². The van der Waals surface area contributed by atoms with Crippen LogP contribution >= 0.6 is 15.9 Å². The van der Waals surface area contributed by atoms with Crippen molar-refractivity contribution in [2.24, 2.45) is 5.92 Å². The van der Waals surface area contributed by atoms with Crippen molar-refractivity contribution in [1.82, 2.24) is 9.78 Å². The number of hydrogen-bond acceptors (Lipinski definition) is 4. The molecule has 0 saturated heterocycles.